The topological polar surface area (TPSA) is 74.4 Å². The zero-order valence-electron chi connectivity index (χ0n) is 15.6. The van der Waals surface area contributed by atoms with Crippen molar-refractivity contribution in [3.63, 3.8) is 0 Å². The lowest BCUT2D eigenvalue weighted by atomic mass is 10.0. The summed E-state index contributed by atoms with van der Waals surface area (Å²) in [6.45, 7) is 2.47. The number of likely N-dealkylation sites (tertiary alicyclic amines) is 1. The third kappa shape index (κ3) is 4.48. The highest BCUT2D eigenvalue weighted by atomic mass is 127. The molecular weight excluding hydrogens is 476 g/mol. The number of benzene rings is 1. The van der Waals surface area contributed by atoms with Crippen LogP contribution in [-0.4, -0.2) is 39.5 Å². The summed E-state index contributed by atoms with van der Waals surface area (Å²) in [4.78, 5) is 28.1. The molecule has 0 bridgehead atoms. The number of nitrogens with one attached hydrogen (secondary N) is 2. The average Bonchev–Trinajstić information content (AvgIpc) is 3.29. The lowest BCUT2D eigenvalue weighted by Crippen LogP contribution is -2.33. The fourth-order valence-electron chi connectivity index (χ4n) is 3.35. The van der Waals surface area contributed by atoms with Crippen molar-refractivity contribution < 1.29 is 18.7 Å². The summed E-state index contributed by atoms with van der Waals surface area (Å²) in [5, 5.41) is 3.22. The Labute approximate surface area is 177 Å². The summed E-state index contributed by atoms with van der Waals surface area (Å²) >= 11 is 2.07. The monoisotopic (exact) mass is 499 g/mol. The number of anilines is 2. The second-order valence-corrected chi connectivity index (χ2v) is 7.28. The van der Waals surface area contributed by atoms with Crippen molar-refractivity contribution in [1.29, 1.82) is 0 Å². The quantitative estimate of drug-likeness (QED) is 0.236. The smallest absolute Gasteiger partial charge is 0.272 e. The molecule has 0 aliphatic carbocycles. The van der Waals surface area contributed by atoms with Gasteiger partial charge in [0.25, 0.3) is 5.91 Å². The van der Waals surface area contributed by atoms with Crippen LogP contribution in [0, 0.1) is 0 Å². The summed E-state index contributed by atoms with van der Waals surface area (Å²) in [6.07, 6.45) is 2.37. The molecule has 1 aromatic heterocycles. The van der Waals surface area contributed by atoms with Crippen LogP contribution in [0.4, 0.5) is 15.9 Å². The van der Waals surface area contributed by atoms with E-state index in [9.17, 15) is 14.0 Å². The number of amides is 1. The molecule has 8 heteroatoms. The number of aldehydes is 1. The second-order valence-electron chi connectivity index (χ2n) is 6.66. The van der Waals surface area contributed by atoms with Crippen molar-refractivity contribution in [2.24, 2.45) is 0 Å². The van der Waals surface area contributed by atoms with Gasteiger partial charge in [0.15, 0.2) is 17.9 Å². The number of carbonyl (C=O) groups excluding carboxylic acids is 2. The molecule has 1 aromatic carbocycles. The van der Waals surface area contributed by atoms with Crippen LogP contribution in [-0.2, 0) is 6.42 Å². The molecule has 0 spiro atoms. The van der Waals surface area contributed by atoms with Crippen molar-refractivity contribution in [1.82, 2.24) is 9.88 Å². The molecule has 1 unspecified atom stereocenters. The minimum absolute atomic E-state index is 0.283. The third-order valence-electron chi connectivity index (χ3n) is 4.72. The number of aromatic nitrogens is 1. The molecule has 28 heavy (non-hydrogen) atoms. The summed E-state index contributed by atoms with van der Waals surface area (Å²) in [5.41, 5.74) is 2.68. The Kier molecular flexibility index (Phi) is 6.93. The molecule has 1 aliphatic rings. The van der Waals surface area contributed by atoms with E-state index < -0.39 is 6.30 Å². The van der Waals surface area contributed by atoms with Gasteiger partial charge in [-0.15, -0.1) is 0 Å². The van der Waals surface area contributed by atoms with E-state index in [2.05, 4.69) is 39.8 Å². The highest BCUT2D eigenvalue weighted by Crippen LogP contribution is 2.31. The van der Waals surface area contributed by atoms with Crippen LogP contribution in [0.3, 0.4) is 0 Å². The molecule has 1 aliphatic heterocycles. The molecule has 3 rings (SSSR count). The summed E-state index contributed by atoms with van der Waals surface area (Å²) in [6, 6.07) is 7.09. The Bertz CT molecular complexity index is 855. The fourth-order valence-corrected chi connectivity index (χ4v) is 3.69. The first-order chi connectivity index (χ1) is 13.6. The number of hydrogen-bond acceptors (Lipinski definition) is 4. The number of halogens is 2. The Morgan fingerprint density at radius 1 is 1.46 bits per heavy atom. The average molecular weight is 499 g/mol. The summed E-state index contributed by atoms with van der Waals surface area (Å²) in [7, 11) is 0. The maximum absolute atomic E-state index is 13.9. The zero-order chi connectivity index (χ0) is 20.1. The van der Waals surface area contributed by atoms with Crippen LogP contribution in [0.25, 0.3) is 0 Å². The first-order valence-electron chi connectivity index (χ1n) is 9.29. The van der Waals surface area contributed by atoms with Crippen LogP contribution in [0.5, 0.6) is 5.75 Å². The number of carbonyl (C=O) groups is 2. The van der Waals surface area contributed by atoms with Crippen LogP contribution >= 0.6 is 22.6 Å². The van der Waals surface area contributed by atoms with E-state index in [-0.39, 0.29) is 11.6 Å². The van der Waals surface area contributed by atoms with Gasteiger partial charge in [0.05, 0.1) is 0 Å². The molecule has 2 N–H and O–H groups in total. The second kappa shape index (κ2) is 9.40. The molecule has 2 aromatic rings. The first-order valence-corrected chi connectivity index (χ1v) is 10.8. The number of aromatic amines is 1. The van der Waals surface area contributed by atoms with Crippen LogP contribution < -0.4 is 10.1 Å². The van der Waals surface area contributed by atoms with Gasteiger partial charge in [-0.25, -0.2) is 4.39 Å². The Morgan fingerprint density at radius 3 is 2.93 bits per heavy atom. The zero-order valence-corrected chi connectivity index (χ0v) is 17.8. The van der Waals surface area contributed by atoms with Crippen LogP contribution in [0.1, 0.15) is 52.6 Å². The van der Waals surface area contributed by atoms with Gasteiger partial charge in [0.2, 0.25) is 0 Å². The molecule has 1 atom stereocenters. The molecule has 1 saturated heterocycles. The van der Waals surface area contributed by atoms with Crippen molar-refractivity contribution in [2.45, 2.75) is 38.9 Å². The largest absolute Gasteiger partial charge is 0.479 e. The van der Waals surface area contributed by atoms with E-state index in [1.54, 1.807) is 18.2 Å². The lowest BCUT2D eigenvalue weighted by molar-refractivity contribution is 0.0586. The minimum Gasteiger partial charge on any atom is -0.479 e. The number of aryl methyl sites for hydroxylation is 1. The predicted octanol–water partition coefficient (Wildman–Crippen LogP) is 4.83. The number of H-pyrrole nitrogens is 1. The van der Waals surface area contributed by atoms with E-state index in [0.717, 1.165) is 30.4 Å². The fraction of sp³-hybridized carbons (Fsp3) is 0.400. The number of ether oxygens (including phenoxy) is 1. The lowest BCUT2D eigenvalue weighted by Gasteiger charge is -2.17. The van der Waals surface area contributed by atoms with Crippen LogP contribution in [0.15, 0.2) is 24.3 Å². The normalized spacial score (nSPS) is 16.2. The molecule has 1 amide bonds. The molecule has 0 saturated carbocycles. The van der Waals surface area contributed by atoms with E-state index in [1.807, 2.05) is 6.07 Å². The first kappa shape index (κ1) is 20.6. The van der Waals surface area contributed by atoms with Gasteiger partial charge >= 0.3 is 0 Å². The maximum Gasteiger partial charge on any atom is 0.272 e. The van der Waals surface area contributed by atoms with Crippen molar-refractivity contribution in [3.05, 3.63) is 41.1 Å². The molecule has 2 heterocycles. The Hall–Kier alpha value is -2.10. The summed E-state index contributed by atoms with van der Waals surface area (Å²) in [5.74, 6) is 0.638. The molecule has 150 valence electrons. The van der Waals surface area contributed by atoms with E-state index in [0.29, 0.717) is 41.1 Å². The van der Waals surface area contributed by atoms with Gasteiger partial charge in [-0.1, -0.05) is 13.3 Å². The van der Waals surface area contributed by atoms with Gasteiger partial charge in [0, 0.05) is 23.9 Å². The van der Waals surface area contributed by atoms with Crippen molar-refractivity contribution >= 4 is 46.3 Å². The van der Waals surface area contributed by atoms with E-state index in [1.165, 1.54) is 4.90 Å². The van der Waals surface area contributed by atoms with Gasteiger partial charge in [-0.2, -0.15) is 0 Å². The van der Waals surface area contributed by atoms with Gasteiger partial charge < -0.3 is 19.9 Å². The Balaban J connectivity index is 1.87. The number of alkyl halides is 2. The molecular formula is C20H23FIN3O3. The standard InChI is InChI=1S/C20H23FIN3O3/c1-2-4-13-9-15(7-6-14(13)11-26)23-19-17(28-12-22)10-16(24-19)20(27)25-8-3-5-18(25)21/h6-7,9-11,18,23-24H,2-5,8,12H2,1H3. The summed E-state index contributed by atoms with van der Waals surface area (Å²) < 4.78 is 20.0. The highest BCUT2D eigenvalue weighted by molar-refractivity contribution is 14.1. The number of hydrogen-bond donors (Lipinski definition) is 2. The number of rotatable bonds is 8. The van der Waals surface area contributed by atoms with Gasteiger partial charge in [-0.3, -0.25) is 9.59 Å². The Morgan fingerprint density at radius 2 is 2.29 bits per heavy atom. The van der Waals surface area contributed by atoms with Gasteiger partial charge in [-0.05, 0) is 65.6 Å². The molecule has 6 nitrogen and oxygen atoms in total. The SMILES string of the molecule is CCCc1cc(Nc2[nH]c(C(=O)N3CCCC3F)cc2OCI)ccc1C=O. The van der Waals surface area contributed by atoms with E-state index in [4.69, 9.17) is 4.74 Å². The third-order valence-corrected chi connectivity index (χ3v) is 5.03. The van der Waals surface area contributed by atoms with Crippen LogP contribution in [0.2, 0.25) is 0 Å². The van der Waals surface area contributed by atoms with E-state index >= 15 is 0 Å². The van der Waals surface area contributed by atoms with Gasteiger partial charge in [0.1, 0.15) is 16.6 Å². The maximum atomic E-state index is 13.9. The predicted molar refractivity (Wildman–Crippen MR) is 115 cm³/mol. The molecule has 0 radical (unpaired) electrons. The molecule has 1 fully saturated rings. The highest BCUT2D eigenvalue weighted by Gasteiger charge is 2.30. The van der Waals surface area contributed by atoms with Crippen molar-refractivity contribution in [2.75, 3.05) is 16.5 Å². The van der Waals surface area contributed by atoms with Crippen molar-refractivity contribution in [3.8, 4) is 5.75 Å². The minimum atomic E-state index is -1.24. The number of nitrogens with zero attached hydrogens (tertiary/aromatic N) is 1.